The molecule has 0 fully saturated rings. The third kappa shape index (κ3) is 7.37. The first kappa shape index (κ1) is 28.1. The number of aromatic nitrogens is 1. The molecule has 2 heterocycles. The minimum absolute atomic E-state index is 0.0197. The summed E-state index contributed by atoms with van der Waals surface area (Å²) in [5.74, 6) is -2.48. The number of aldehydes is 1. The van der Waals surface area contributed by atoms with Crippen molar-refractivity contribution in [3.63, 3.8) is 0 Å². The molecule has 1 aliphatic heterocycles. The summed E-state index contributed by atoms with van der Waals surface area (Å²) >= 11 is 0. The molecule has 12 heteroatoms. The fourth-order valence-electron chi connectivity index (χ4n) is 4.22. The van der Waals surface area contributed by atoms with E-state index in [1.807, 2.05) is 0 Å². The molecule has 4 rings (SSSR count). The number of fused-ring (bicyclic) bond motifs is 2. The van der Waals surface area contributed by atoms with E-state index in [4.69, 9.17) is 4.52 Å². The van der Waals surface area contributed by atoms with Crippen molar-refractivity contribution < 1.29 is 32.9 Å². The zero-order chi connectivity index (χ0) is 28.6. The molecule has 0 radical (unpaired) electrons. The van der Waals surface area contributed by atoms with Gasteiger partial charge in [0.25, 0.3) is 5.91 Å². The summed E-state index contributed by atoms with van der Waals surface area (Å²) in [5.41, 5.74) is 1.55. The first-order valence-electron chi connectivity index (χ1n) is 12.6. The lowest BCUT2D eigenvalue weighted by Crippen LogP contribution is -2.53. The molecule has 0 saturated heterocycles. The number of benzene rings is 2. The van der Waals surface area contributed by atoms with Crippen molar-refractivity contribution in [1.29, 1.82) is 0 Å². The quantitative estimate of drug-likeness (QED) is 0.350. The lowest BCUT2D eigenvalue weighted by atomic mass is 10.0. The van der Waals surface area contributed by atoms with Gasteiger partial charge in [-0.1, -0.05) is 41.6 Å². The van der Waals surface area contributed by atoms with Gasteiger partial charge in [-0.3, -0.25) is 19.2 Å². The fraction of sp³-hybridized carbons (Fsp3) is 0.286. The average Bonchev–Trinajstić information content (AvgIpc) is 3.39. The van der Waals surface area contributed by atoms with Gasteiger partial charge in [-0.15, -0.1) is 0 Å². The second-order valence-electron chi connectivity index (χ2n) is 9.43. The van der Waals surface area contributed by atoms with Gasteiger partial charge in [0.2, 0.25) is 17.7 Å². The lowest BCUT2D eigenvalue weighted by Gasteiger charge is -2.24. The van der Waals surface area contributed by atoms with Crippen LogP contribution in [0, 0.1) is 12.7 Å². The van der Waals surface area contributed by atoms with Gasteiger partial charge >= 0.3 is 0 Å². The molecule has 11 nitrogen and oxygen atoms in total. The van der Waals surface area contributed by atoms with Crippen molar-refractivity contribution in [1.82, 2.24) is 26.4 Å². The Balaban J connectivity index is 1.70. The molecule has 4 amide bonds. The molecule has 0 unspecified atom stereocenters. The Hall–Kier alpha value is -4.87. The number of carbonyl (C=O) groups is 5. The third-order valence-corrected chi connectivity index (χ3v) is 6.33. The Morgan fingerprint density at radius 2 is 1.88 bits per heavy atom. The molecule has 2 bridgehead atoms. The van der Waals surface area contributed by atoms with Crippen LogP contribution < -0.4 is 21.3 Å². The minimum Gasteiger partial charge on any atom is -0.361 e. The average molecular weight is 550 g/mol. The van der Waals surface area contributed by atoms with Crippen molar-refractivity contribution in [2.45, 2.75) is 50.9 Å². The third-order valence-electron chi connectivity index (χ3n) is 6.33. The number of amides is 4. The number of hydrogen-bond acceptors (Lipinski definition) is 7. The zero-order valence-electron chi connectivity index (χ0n) is 21.6. The SMILES string of the molecule is Cc1cc(C(=O)N[C@@H]2C(=O)N[C@@H](Cc3ccc(F)cc3)C(=O)N[C@H](C=O)CCC(=O)NCc3cccc2c3)no1. The van der Waals surface area contributed by atoms with Gasteiger partial charge in [0.1, 0.15) is 29.9 Å². The normalized spacial score (nSPS) is 20.2. The van der Waals surface area contributed by atoms with Gasteiger partial charge in [-0.2, -0.15) is 0 Å². The maximum atomic E-state index is 13.7. The molecule has 0 aliphatic carbocycles. The van der Waals surface area contributed by atoms with Crippen LogP contribution in [-0.2, 0) is 32.1 Å². The molecule has 1 aliphatic rings. The lowest BCUT2D eigenvalue weighted by molar-refractivity contribution is -0.131. The zero-order valence-corrected chi connectivity index (χ0v) is 21.6. The maximum absolute atomic E-state index is 13.7. The van der Waals surface area contributed by atoms with Gasteiger partial charge in [-0.25, -0.2) is 4.39 Å². The number of nitrogens with one attached hydrogen (secondary N) is 4. The Bertz CT molecular complexity index is 1410. The Morgan fingerprint density at radius 1 is 1.10 bits per heavy atom. The first-order valence-corrected chi connectivity index (χ1v) is 12.6. The fourth-order valence-corrected chi connectivity index (χ4v) is 4.22. The molecule has 208 valence electrons. The molecule has 3 atom stereocenters. The molecule has 4 N–H and O–H groups in total. The van der Waals surface area contributed by atoms with Crippen molar-refractivity contribution in [3.8, 4) is 0 Å². The Morgan fingerprint density at radius 3 is 2.58 bits per heavy atom. The Kier molecular flexibility index (Phi) is 9.00. The monoisotopic (exact) mass is 549 g/mol. The number of aryl methyl sites for hydroxylation is 1. The number of hydrogen-bond donors (Lipinski definition) is 4. The standard InChI is InChI=1S/C28H28FN5O6/c1-16-11-23(34-40-16)27(38)33-25-19-4-2-3-18(12-19)14-30-24(36)10-9-21(15-35)31-26(37)22(32-28(25)39)13-17-5-7-20(29)8-6-17/h2-8,11-12,15,21-22,25H,9-10,13-14H2,1H3,(H,30,36)(H,31,37)(H,32,39)(H,33,38)/t21-,22-,25-/m0/s1. The first-order chi connectivity index (χ1) is 19.2. The van der Waals surface area contributed by atoms with Crippen LogP contribution in [0.4, 0.5) is 4.39 Å². The van der Waals surface area contributed by atoms with Crippen LogP contribution in [0.5, 0.6) is 0 Å². The predicted molar refractivity (Wildman–Crippen MR) is 139 cm³/mol. The molecule has 0 spiro atoms. The largest absolute Gasteiger partial charge is 0.361 e. The predicted octanol–water partition coefficient (Wildman–Crippen LogP) is 1.41. The smallest absolute Gasteiger partial charge is 0.274 e. The van der Waals surface area contributed by atoms with Gasteiger partial charge < -0.3 is 30.6 Å². The highest BCUT2D eigenvalue weighted by atomic mass is 19.1. The van der Waals surface area contributed by atoms with E-state index in [9.17, 15) is 28.4 Å². The van der Waals surface area contributed by atoms with Crippen molar-refractivity contribution in [2.75, 3.05) is 0 Å². The Labute approximate surface area is 228 Å². The summed E-state index contributed by atoms with van der Waals surface area (Å²) in [6, 6.07) is 10.1. The van der Waals surface area contributed by atoms with Crippen LogP contribution in [0.25, 0.3) is 0 Å². The summed E-state index contributed by atoms with van der Waals surface area (Å²) in [4.78, 5) is 64.0. The van der Waals surface area contributed by atoms with Gasteiger partial charge in [0.05, 0.1) is 6.04 Å². The van der Waals surface area contributed by atoms with Crippen LogP contribution in [0.2, 0.25) is 0 Å². The van der Waals surface area contributed by atoms with E-state index in [-0.39, 0.29) is 37.4 Å². The molecule has 3 aromatic rings. The number of carbonyl (C=O) groups excluding carboxylic acids is 5. The van der Waals surface area contributed by atoms with E-state index in [0.29, 0.717) is 28.7 Å². The summed E-state index contributed by atoms with van der Waals surface area (Å²) in [6.07, 6.45) is 0.515. The molecule has 40 heavy (non-hydrogen) atoms. The topological polar surface area (TPSA) is 160 Å². The van der Waals surface area contributed by atoms with E-state index in [0.717, 1.165) is 0 Å². The summed E-state index contributed by atoms with van der Waals surface area (Å²) in [7, 11) is 0. The number of rotatable bonds is 5. The van der Waals surface area contributed by atoms with Crippen molar-refractivity contribution >= 4 is 29.9 Å². The van der Waals surface area contributed by atoms with E-state index in [1.54, 1.807) is 31.2 Å². The summed E-state index contributed by atoms with van der Waals surface area (Å²) in [6.45, 7) is 1.76. The number of nitrogens with zero attached hydrogens (tertiary/aromatic N) is 1. The van der Waals surface area contributed by atoms with E-state index >= 15 is 0 Å². The van der Waals surface area contributed by atoms with Crippen LogP contribution >= 0.6 is 0 Å². The molecular formula is C28H28FN5O6. The second kappa shape index (κ2) is 12.8. The van der Waals surface area contributed by atoms with Crippen LogP contribution in [0.1, 0.15) is 51.8 Å². The van der Waals surface area contributed by atoms with Crippen LogP contribution in [-0.4, -0.2) is 47.2 Å². The molecule has 0 saturated carbocycles. The van der Waals surface area contributed by atoms with Crippen LogP contribution in [0.3, 0.4) is 0 Å². The highest BCUT2D eigenvalue weighted by Gasteiger charge is 2.30. The van der Waals surface area contributed by atoms with Crippen LogP contribution in [0.15, 0.2) is 59.1 Å². The molecular weight excluding hydrogens is 521 g/mol. The summed E-state index contributed by atoms with van der Waals surface area (Å²) in [5, 5.41) is 14.3. The van der Waals surface area contributed by atoms with Gasteiger partial charge in [0.15, 0.2) is 5.69 Å². The minimum atomic E-state index is -1.27. The van der Waals surface area contributed by atoms with E-state index < -0.39 is 41.7 Å². The highest BCUT2D eigenvalue weighted by molar-refractivity contribution is 5.98. The van der Waals surface area contributed by atoms with Gasteiger partial charge in [0, 0.05) is 25.5 Å². The summed E-state index contributed by atoms with van der Waals surface area (Å²) < 4.78 is 18.5. The van der Waals surface area contributed by atoms with Crippen molar-refractivity contribution in [2.24, 2.45) is 0 Å². The maximum Gasteiger partial charge on any atom is 0.274 e. The number of halogens is 1. The highest BCUT2D eigenvalue weighted by Crippen LogP contribution is 2.18. The van der Waals surface area contributed by atoms with Gasteiger partial charge in [-0.05, 0) is 42.2 Å². The molecule has 2 aromatic carbocycles. The van der Waals surface area contributed by atoms with Crippen molar-refractivity contribution in [3.05, 3.63) is 88.6 Å². The van der Waals surface area contributed by atoms with E-state index in [1.165, 1.54) is 30.3 Å². The van der Waals surface area contributed by atoms with E-state index in [2.05, 4.69) is 26.4 Å². The second-order valence-corrected chi connectivity index (χ2v) is 9.43. The molecule has 1 aromatic heterocycles.